The molecule has 2 amide bonds. The van der Waals surface area contributed by atoms with Gasteiger partial charge in [0.1, 0.15) is 0 Å². The van der Waals surface area contributed by atoms with Crippen LogP contribution in [0.3, 0.4) is 0 Å². The quantitative estimate of drug-likeness (QED) is 0.737. The lowest BCUT2D eigenvalue weighted by Crippen LogP contribution is -2.56. The van der Waals surface area contributed by atoms with Gasteiger partial charge in [-0.15, -0.1) is 0 Å². The van der Waals surface area contributed by atoms with Gasteiger partial charge in [-0.05, 0) is 39.0 Å². The molecule has 5 heteroatoms. The Labute approximate surface area is 108 Å². The summed E-state index contributed by atoms with van der Waals surface area (Å²) in [6.45, 7) is 5.12. The number of carbonyl (C=O) groups excluding carboxylic acids is 2. The van der Waals surface area contributed by atoms with Crippen molar-refractivity contribution in [3.05, 3.63) is 0 Å². The summed E-state index contributed by atoms with van der Waals surface area (Å²) in [5.41, 5.74) is 5.30. The van der Waals surface area contributed by atoms with Crippen molar-refractivity contribution >= 4 is 11.8 Å². The van der Waals surface area contributed by atoms with Crippen LogP contribution in [0.1, 0.15) is 39.5 Å². The monoisotopic (exact) mass is 253 g/mol. The molecule has 2 rings (SSSR count). The molecule has 1 saturated carbocycles. The molecule has 0 aromatic carbocycles. The van der Waals surface area contributed by atoms with Crippen LogP contribution in [-0.2, 0) is 9.59 Å². The molecule has 0 bridgehead atoms. The van der Waals surface area contributed by atoms with Crippen LogP contribution < -0.4 is 11.1 Å². The Balaban J connectivity index is 1.81. The highest BCUT2D eigenvalue weighted by Crippen LogP contribution is 2.38. The second-order valence-corrected chi connectivity index (χ2v) is 5.87. The molecule has 18 heavy (non-hydrogen) atoms. The molecule has 0 aromatic rings. The molecule has 5 nitrogen and oxygen atoms in total. The zero-order chi connectivity index (χ0) is 13.3. The van der Waals surface area contributed by atoms with Crippen LogP contribution in [0.5, 0.6) is 0 Å². The second-order valence-electron chi connectivity index (χ2n) is 5.87. The molecule has 0 spiro atoms. The Morgan fingerprint density at radius 2 is 2.28 bits per heavy atom. The Morgan fingerprint density at radius 3 is 2.78 bits per heavy atom. The zero-order valence-corrected chi connectivity index (χ0v) is 11.2. The largest absolute Gasteiger partial charge is 0.350 e. The summed E-state index contributed by atoms with van der Waals surface area (Å²) >= 11 is 0. The van der Waals surface area contributed by atoms with E-state index in [2.05, 4.69) is 5.32 Å². The van der Waals surface area contributed by atoms with Gasteiger partial charge in [-0.3, -0.25) is 9.59 Å². The van der Waals surface area contributed by atoms with E-state index in [1.807, 2.05) is 11.8 Å². The molecule has 2 fully saturated rings. The first-order chi connectivity index (χ1) is 8.41. The Morgan fingerprint density at radius 1 is 1.61 bits per heavy atom. The summed E-state index contributed by atoms with van der Waals surface area (Å²) in [4.78, 5) is 25.4. The van der Waals surface area contributed by atoms with Crippen molar-refractivity contribution in [2.75, 3.05) is 13.1 Å². The number of rotatable bonds is 5. The van der Waals surface area contributed by atoms with E-state index >= 15 is 0 Å². The number of amides is 2. The summed E-state index contributed by atoms with van der Waals surface area (Å²) in [7, 11) is 0. The minimum absolute atomic E-state index is 0.0406. The van der Waals surface area contributed by atoms with Crippen LogP contribution in [0.2, 0.25) is 0 Å². The van der Waals surface area contributed by atoms with Gasteiger partial charge in [-0.1, -0.05) is 0 Å². The van der Waals surface area contributed by atoms with E-state index in [0.29, 0.717) is 18.9 Å². The van der Waals surface area contributed by atoms with Crippen molar-refractivity contribution < 1.29 is 9.59 Å². The van der Waals surface area contributed by atoms with Gasteiger partial charge in [-0.25, -0.2) is 0 Å². The third-order valence-electron chi connectivity index (χ3n) is 3.96. The number of hydrogen-bond acceptors (Lipinski definition) is 3. The van der Waals surface area contributed by atoms with E-state index in [9.17, 15) is 9.59 Å². The van der Waals surface area contributed by atoms with Crippen molar-refractivity contribution in [2.45, 2.75) is 51.1 Å². The summed E-state index contributed by atoms with van der Waals surface area (Å²) < 4.78 is 0. The highest BCUT2D eigenvalue weighted by molar-refractivity contribution is 5.86. The first-order valence-corrected chi connectivity index (χ1v) is 6.79. The summed E-state index contributed by atoms with van der Waals surface area (Å²) in [6.07, 6.45) is 3.65. The van der Waals surface area contributed by atoms with Crippen molar-refractivity contribution in [3.63, 3.8) is 0 Å². The fraction of sp³-hybridized carbons (Fsp3) is 0.846. The summed E-state index contributed by atoms with van der Waals surface area (Å²) in [5.74, 6) is 0.413. The van der Waals surface area contributed by atoms with Crippen LogP contribution in [0, 0.1) is 5.92 Å². The highest BCUT2D eigenvalue weighted by atomic mass is 16.2. The van der Waals surface area contributed by atoms with Gasteiger partial charge < -0.3 is 16.0 Å². The molecule has 0 radical (unpaired) electrons. The van der Waals surface area contributed by atoms with Crippen molar-refractivity contribution in [3.8, 4) is 0 Å². The van der Waals surface area contributed by atoms with E-state index < -0.39 is 5.54 Å². The zero-order valence-electron chi connectivity index (χ0n) is 11.2. The Hall–Kier alpha value is -1.10. The topological polar surface area (TPSA) is 75.4 Å². The maximum Gasteiger partial charge on any atom is 0.240 e. The van der Waals surface area contributed by atoms with E-state index in [-0.39, 0.29) is 17.9 Å². The van der Waals surface area contributed by atoms with Crippen LogP contribution >= 0.6 is 0 Å². The van der Waals surface area contributed by atoms with E-state index in [1.54, 1.807) is 6.92 Å². The Kier molecular flexibility index (Phi) is 3.61. The number of nitrogens with two attached hydrogens (primary N) is 1. The number of nitrogens with zero attached hydrogens (tertiary/aromatic N) is 1. The molecule has 1 aliphatic heterocycles. The minimum Gasteiger partial charge on any atom is -0.350 e. The molecule has 1 heterocycles. The third-order valence-corrected chi connectivity index (χ3v) is 3.96. The number of nitrogens with one attached hydrogen (secondary N) is 1. The van der Waals surface area contributed by atoms with Gasteiger partial charge in [0.15, 0.2) is 0 Å². The average molecular weight is 253 g/mol. The molecule has 102 valence electrons. The number of carbonyl (C=O) groups is 2. The maximum absolute atomic E-state index is 12.1. The predicted molar refractivity (Wildman–Crippen MR) is 68.7 cm³/mol. The molecule has 2 aliphatic rings. The molecular weight excluding hydrogens is 230 g/mol. The van der Waals surface area contributed by atoms with Crippen LogP contribution in [0.25, 0.3) is 0 Å². The fourth-order valence-electron chi connectivity index (χ4n) is 2.52. The van der Waals surface area contributed by atoms with Crippen molar-refractivity contribution in [1.29, 1.82) is 0 Å². The normalized spacial score (nSPS) is 24.8. The molecule has 2 atom stereocenters. The molecule has 1 saturated heterocycles. The molecule has 1 aliphatic carbocycles. The van der Waals surface area contributed by atoms with Gasteiger partial charge in [0.25, 0.3) is 0 Å². The first kappa shape index (κ1) is 13.3. The first-order valence-electron chi connectivity index (χ1n) is 6.79. The maximum atomic E-state index is 12.1. The van der Waals surface area contributed by atoms with Gasteiger partial charge in [-0.2, -0.15) is 0 Å². The van der Waals surface area contributed by atoms with E-state index in [4.69, 9.17) is 5.73 Å². The Bertz CT molecular complexity index is 350. The van der Waals surface area contributed by atoms with Gasteiger partial charge >= 0.3 is 0 Å². The molecule has 2 unspecified atom stereocenters. The SMILES string of the molecule is CC(CN1CCCC1=O)NC(=O)C(C)(N)C1CC1. The van der Waals surface area contributed by atoms with E-state index in [1.165, 1.54) is 0 Å². The van der Waals surface area contributed by atoms with Gasteiger partial charge in [0.05, 0.1) is 5.54 Å². The van der Waals surface area contributed by atoms with E-state index in [0.717, 1.165) is 25.8 Å². The lowest BCUT2D eigenvalue weighted by molar-refractivity contribution is -0.130. The van der Waals surface area contributed by atoms with Crippen LogP contribution in [0.4, 0.5) is 0 Å². The van der Waals surface area contributed by atoms with Gasteiger partial charge in [0, 0.05) is 25.6 Å². The standard InChI is InChI=1S/C13H23N3O2/c1-9(8-16-7-3-4-11(16)17)15-12(18)13(2,14)10-5-6-10/h9-10H,3-8,14H2,1-2H3,(H,15,18). The number of likely N-dealkylation sites (tertiary alicyclic amines) is 1. The lowest BCUT2D eigenvalue weighted by Gasteiger charge is -2.27. The lowest BCUT2D eigenvalue weighted by atomic mass is 9.96. The highest BCUT2D eigenvalue weighted by Gasteiger charge is 2.44. The predicted octanol–water partition coefficient (Wildman–Crippen LogP) is 0.241. The average Bonchev–Trinajstić information content (AvgIpc) is 3.06. The van der Waals surface area contributed by atoms with Gasteiger partial charge in [0.2, 0.25) is 11.8 Å². The smallest absolute Gasteiger partial charge is 0.240 e. The van der Waals surface area contributed by atoms with Crippen molar-refractivity contribution in [1.82, 2.24) is 10.2 Å². The third kappa shape index (κ3) is 2.83. The minimum atomic E-state index is -0.761. The second kappa shape index (κ2) is 4.88. The van der Waals surface area contributed by atoms with Crippen LogP contribution in [-0.4, -0.2) is 41.4 Å². The fourth-order valence-corrected chi connectivity index (χ4v) is 2.52. The molecular formula is C13H23N3O2. The van der Waals surface area contributed by atoms with Crippen molar-refractivity contribution in [2.24, 2.45) is 11.7 Å². The molecule has 3 N–H and O–H groups in total. The van der Waals surface area contributed by atoms with Crippen LogP contribution in [0.15, 0.2) is 0 Å². The summed E-state index contributed by atoms with van der Waals surface area (Å²) in [6, 6.07) is -0.0406. The molecule has 0 aromatic heterocycles. The summed E-state index contributed by atoms with van der Waals surface area (Å²) in [5, 5.41) is 2.93. The number of hydrogen-bond donors (Lipinski definition) is 2.